The summed E-state index contributed by atoms with van der Waals surface area (Å²) in [5.41, 5.74) is 0. The first-order chi connectivity index (χ1) is 8.31. The predicted molar refractivity (Wildman–Crippen MR) is 71.5 cm³/mol. The van der Waals surface area contributed by atoms with Crippen LogP contribution in [-0.2, 0) is 4.79 Å². The normalized spacial score (nSPS) is 20.5. The van der Waals surface area contributed by atoms with Crippen LogP contribution in [0, 0.1) is 0 Å². The average Bonchev–Trinajstić information content (AvgIpc) is 2.89. The number of aliphatic hydroxyl groups is 1. The number of aliphatic hydroxyl groups excluding tert-OH is 1. The summed E-state index contributed by atoms with van der Waals surface area (Å²) in [6, 6.07) is 4.07. The topological polar surface area (TPSA) is 40.5 Å². The Kier molecular flexibility index (Phi) is 4.88. The molecule has 1 aliphatic rings. The zero-order valence-electron chi connectivity index (χ0n) is 9.67. The molecule has 1 saturated heterocycles. The fourth-order valence-corrected chi connectivity index (χ4v) is 3.75. The van der Waals surface area contributed by atoms with Crippen LogP contribution in [0.5, 0.6) is 0 Å². The molecule has 0 aliphatic carbocycles. The minimum Gasteiger partial charge on any atom is -0.394 e. The van der Waals surface area contributed by atoms with Crippen LogP contribution in [0.15, 0.2) is 21.7 Å². The van der Waals surface area contributed by atoms with Crippen molar-refractivity contribution in [1.82, 2.24) is 4.90 Å². The van der Waals surface area contributed by atoms with Crippen LogP contribution in [0.4, 0.5) is 0 Å². The zero-order valence-corrected chi connectivity index (χ0v) is 11.3. The third kappa shape index (κ3) is 3.47. The van der Waals surface area contributed by atoms with Crippen LogP contribution < -0.4 is 0 Å². The summed E-state index contributed by atoms with van der Waals surface area (Å²) in [5.74, 6) is 0.638. The minimum absolute atomic E-state index is 0.0418. The fourth-order valence-electron chi connectivity index (χ4n) is 2.08. The summed E-state index contributed by atoms with van der Waals surface area (Å²) in [6.07, 6.45) is 3.12. The summed E-state index contributed by atoms with van der Waals surface area (Å²) in [4.78, 5) is 13.9. The molecule has 2 rings (SSSR count). The number of likely N-dealkylation sites (tertiary alicyclic amines) is 1. The highest BCUT2D eigenvalue weighted by Crippen LogP contribution is 2.25. The molecule has 1 aromatic rings. The van der Waals surface area contributed by atoms with Gasteiger partial charge in [-0.1, -0.05) is 6.07 Å². The number of amides is 1. The number of piperidine rings is 1. The quantitative estimate of drug-likeness (QED) is 0.854. The molecule has 1 aromatic heterocycles. The first kappa shape index (κ1) is 12.9. The van der Waals surface area contributed by atoms with Gasteiger partial charge in [0.05, 0.1) is 22.6 Å². The molecule has 17 heavy (non-hydrogen) atoms. The highest BCUT2D eigenvalue weighted by Gasteiger charge is 2.25. The summed E-state index contributed by atoms with van der Waals surface area (Å²) >= 11 is 3.25. The van der Waals surface area contributed by atoms with Crippen molar-refractivity contribution in [3.63, 3.8) is 0 Å². The van der Waals surface area contributed by atoms with Crippen molar-refractivity contribution >= 4 is 29.0 Å². The van der Waals surface area contributed by atoms with E-state index in [1.807, 2.05) is 22.4 Å². The number of thioether (sulfide) groups is 1. The maximum Gasteiger partial charge on any atom is 0.233 e. The van der Waals surface area contributed by atoms with E-state index in [1.165, 1.54) is 4.21 Å². The van der Waals surface area contributed by atoms with E-state index in [0.717, 1.165) is 25.8 Å². The van der Waals surface area contributed by atoms with E-state index in [9.17, 15) is 9.90 Å². The standard InChI is InChI=1S/C12H17NO2S2/c14-8-10-4-1-2-6-13(10)11(15)9-17-12-5-3-7-16-12/h3,5,7,10,14H,1-2,4,6,8-9H2. The van der Waals surface area contributed by atoms with E-state index in [4.69, 9.17) is 0 Å². The lowest BCUT2D eigenvalue weighted by molar-refractivity contribution is -0.132. The summed E-state index contributed by atoms with van der Waals surface area (Å²) in [6.45, 7) is 0.893. The number of thiophene rings is 1. The van der Waals surface area contributed by atoms with Crippen LogP contribution in [0.3, 0.4) is 0 Å². The Morgan fingerprint density at radius 3 is 3.18 bits per heavy atom. The monoisotopic (exact) mass is 271 g/mol. The highest BCUT2D eigenvalue weighted by molar-refractivity contribution is 8.01. The molecule has 3 nitrogen and oxygen atoms in total. The second-order valence-electron chi connectivity index (χ2n) is 4.14. The van der Waals surface area contributed by atoms with Gasteiger partial charge >= 0.3 is 0 Å². The molecule has 1 fully saturated rings. The lowest BCUT2D eigenvalue weighted by Gasteiger charge is -2.34. The van der Waals surface area contributed by atoms with Crippen LogP contribution in [0.25, 0.3) is 0 Å². The van der Waals surface area contributed by atoms with Gasteiger partial charge in [-0.3, -0.25) is 4.79 Å². The second kappa shape index (κ2) is 6.42. The number of rotatable bonds is 4. The summed E-state index contributed by atoms with van der Waals surface area (Å²) in [5, 5.41) is 11.3. The summed E-state index contributed by atoms with van der Waals surface area (Å²) < 4.78 is 1.18. The Hall–Kier alpha value is -0.520. The molecule has 1 aliphatic heterocycles. The van der Waals surface area contributed by atoms with E-state index in [0.29, 0.717) is 5.75 Å². The molecule has 94 valence electrons. The van der Waals surface area contributed by atoms with Crippen LogP contribution in [-0.4, -0.2) is 40.9 Å². The molecule has 2 heterocycles. The zero-order chi connectivity index (χ0) is 12.1. The highest BCUT2D eigenvalue weighted by atomic mass is 32.2. The first-order valence-electron chi connectivity index (χ1n) is 5.88. The Labute approximate surface area is 110 Å². The molecule has 5 heteroatoms. The molecule has 0 saturated carbocycles. The van der Waals surface area contributed by atoms with Gasteiger partial charge in [0.2, 0.25) is 5.91 Å². The van der Waals surface area contributed by atoms with Crippen molar-refractivity contribution in [3.8, 4) is 0 Å². The van der Waals surface area contributed by atoms with Gasteiger partial charge in [0.25, 0.3) is 0 Å². The minimum atomic E-state index is 0.0418. The molecule has 0 spiro atoms. The molecule has 0 aromatic carbocycles. The SMILES string of the molecule is O=C(CSc1cccs1)N1CCCCC1CO. The summed E-state index contributed by atoms with van der Waals surface area (Å²) in [7, 11) is 0. The molecule has 1 amide bonds. The van der Waals surface area contributed by atoms with Crippen molar-refractivity contribution in [1.29, 1.82) is 0 Å². The van der Waals surface area contributed by atoms with Crippen LogP contribution in [0.1, 0.15) is 19.3 Å². The predicted octanol–water partition coefficient (Wildman–Crippen LogP) is 2.21. The van der Waals surface area contributed by atoms with Crippen molar-refractivity contribution in [2.75, 3.05) is 18.9 Å². The third-order valence-electron chi connectivity index (χ3n) is 2.99. The van der Waals surface area contributed by atoms with Gasteiger partial charge in [-0.05, 0) is 30.7 Å². The Morgan fingerprint density at radius 2 is 2.47 bits per heavy atom. The largest absolute Gasteiger partial charge is 0.394 e. The maximum atomic E-state index is 12.1. The van der Waals surface area contributed by atoms with E-state index in [2.05, 4.69) is 0 Å². The van der Waals surface area contributed by atoms with Gasteiger partial charge in [-0.25, -0.2) is 0 Å². The van der Waals surface area contributed by atoms with Gasteiger partial charge in [-0.2, -0.15) is 0 Å². The van der Waals surface area contributed by atoms with Gasteiger partial charge in [0.15, 0.2) is 0 Å². The number of hydrogen-bond acceptors (Lipinski definition) is 4. The molecule has 1 atom stereocenters. The lowest BCUT2D eigenvalue weighted by Crippen LogP contribution is -2.46. The first-order valence-corrected chi connectivity index (χ1v) is 7.74. The number of nitrogens with zero attached hydrogens (tertiary/aromatic N) is 1. The van der Waals surface area contributed by atoms with E-state index in [-0.39, 0.29) is 18.6 Å². The molecule has 1 N–H and O–H groups in total. The lowest BCUT2D eigenvalue weighted by atomic mass is 10.0. The number of hydrogen-bond donors (Lipinski definition) is 1. The van der Waals surface area contributed by atoms with Crippen LogP contribution in [0.2, 0.25) is 0 Å². The average molecular weight is 271 g/mol. The Balaban J connectivity index is 1.85. The fraction of sp³-hybridized carbons (Fsp3) is 0.583. The van der Waals surface area contributed by atoms with Crippen molar-refractivity contribution < 1.29 is 9.90 Å². The Morgan fingerprint density at radius 1 is 1.59 bits per heavy atom. The number of carbonyl (C=O) groups excluding carboxylic acids is 1. The molecule has 1 unspecified atom stereocenters. The molecule has 0 bridgehead atoms. The molecular weight excluding hydrogens is 254 g/mol. The smallest absolute Gasteiger partial charge is 0.233 e. The third-order valence-corrected chi connectivity index (χ3v) is 5.11. The second-order valence-corrected chi connectivity index (χ2v) is 6.36. The maximum absolute atomic E-state index is 12.1. The van der Waals surface area contributed by atoms with E-state index >= 15 is 0 Å². The van der Waals surface area contributed by atoms with Crippen molar-refractivity contribution in [3.05, 3.63) is 17.5 Å². The number of carbonyl (C=O) groups is 1. The van der Waals surface area contributed by atoms with Gasteiger partial charge in [0.1, 0.15) is 0 Å². The Bertz CT molecular complexity index is 353. The van der Waals surface area contributed by atoms with E-state index in [1.54, 1.807) is 23.1 Å². The molecule has 0 radical (unpaired) electrons. The molecular formula is C12H17NO2S2. The van der Waals surface area contributed by atoms with Crippen molar-refractivity contribution in [2.45, 2.75) is 29.5 Å². The van der Waals surface area contributed by atoms with Gasteiger partial charge in [0, 0.05) is 6.54 Å². The van der Waals surface area contributed by atoms with Crippen LogP contribution >= 0.6 is 23.1 Å². The van der Waals surface area contributed by atoms with Gasteiger partial charge in [-0.15, -0.1) is 23.1 Å². The van der Waals surface area contributed by atoms with Gasteiger partial charge < -0.3 is 10.0 Å². The van der Waals surface area contributed by atoms with Crippen molar-refractivity contribution in [2.24, 2.45) is 0 Å². The van der Waals surface area contributed by atoms with E-state index < -0.39 is 0 Å².